The lowest BCUT2D eigenvalue weighted by Crippen LogP contribution is -2.54. The second-order valence-corrected chi connectivity index (χ2v) is 9.62. The van der Waals surface area contributed by atoms with Crippen molar-refractivity contribution in [2.75, 3.05) is 36.4 Å². The van der Waals surface area contributed by atoms with E-state index in [2.05, 4.69) is 10.0 Å². The minimum atomic E-state index is -4.44. The van der Waals surface area contributed by atoms with Crippen LogP contribution in [0.3, 0.4) is 0 Å². The molecule has 2 amide bonds. The van der Waals surface area contributed by atoms with Crippen molar-refractivity contribution in [3.05, 3.63) is 54.1 Å². The molecule has 2 N–H and O–H groups in total. The Kier molecular flexibility index (Phi) is 7.51. The van der Waals surface area contributed by atoms with E-state index >= 15 is 0 Å². The predicted molar refractivity (Wildman–Crippen MR) is 121 cm³/mol. The summed E-state index contributed by atoms with van der Waals surface area (Å²) in [6, 6.07) is 9.48. The monoisotopic (exact) mass is 498 g/mol. The highest BCUT2D eigenvalue weighted by molar-refractivity contribution is 7.89. The van der Waals surface area contributed by atoms with Gasteiger partial charge in [-0.25, -0.2) is 8.42 Å². The van der Waals surface area contributed by atoms with Gasteiger partial charge in [-0.05, 0) is 49.4 Å². The number of amides is 2. The maximum Gasteiger partial charge on any atom is 0.416 e. The minimum absolute atomic E-state index is 0.0596. The second kappa shape index (κ2) is 10.0. The Morgan fingerprint density at radius 1 is 1.00 bits per heavy atom. The van der Waals surface area contributed by atoms with E-state index in [1.54, 1.807) is 11.0 Å². The van der Waals surface area contributed by atoms with E-state index in [1.165, 1.54) is 49.1 Å². The van der Waals surface area contributed by atoms with Gasteiger partial charge in [-0.2, -0.15) is 17.9 Å². The van der Waals surface area contributed by atoms with E-state index < -0.39 is 33.7 Å². The van der Waals surface area contributed by atoms with Crippen LogP contribution in [0.2, 0.25) is 0 Å². The molecule has 1 aliphatic rings. The quantitative estimate of drug-likeness (QED) is 0.638. The van der Waals surface area contributed by atoms with Gasteiger partial charge in [0.15, 0.2) is 0 Å². The number of nitrogens with one attached hydrogen (secondary N) is 2. The van der Waals surface area contributed by atoms with E-state index in [0.29, 0.717) is 24.5 Å². The number of rotatable bonds is 6. The highest BCUT2D eigenvalue weighted by Crippen LogP contribution is 2.32. The normalized spacial score (nSPS) is 15.7. The number of carbonyl (C=O) groups excluding carboxylic acids is 2. The zero-order chi connectivity index (χ0) is 25.1. The van der Waals surface area contributed by atoms with Crippen LogP contribution >= 0.6 is 0 Å². The molecule has 8 nitrogen and oxygen atoms in total. The molecule has 184 valence electrons. The Bertz CT molecular complexity index is 1150. The minimum Gasteiger partial charge on any atom is -0.368 e. The molecule has 0 bridgehead atoms. The summed E-state index contributed by atoms with van der Waals surface area (Å²) >= 11 is 0. The van der Waals surface area contributed by atoms with Gasteiger partial charge in [-0.3, -0.25) is 9.59 Å². The van der Waals surface area contributed by atoms with Crippen LogP contribution in [0.15, 0.2) is 53.4 Å². The molecule has 2 aromatic rings. The van der Waals surface area contributed by atoms with Crippen molar-refractivity contribution in [2.45, 2.75) is 31.0 Å². The lowest BCUT2D eigenvalue weighted by Gasteiger charge is -2.37. The zero-order valence-corrected chi connectivity index (χ0v) is 19.4. The van der Waals surface area contributed by atoms with Crippen molar-refractivity contribution in [3.63, 3.8) is 0 Å². The number of sulfonamides is 1. The average molecular weight is 499 g/mol. The van der Waals surface area contributed by atoms with Crippen molar-refractivity contribution in [1.29, 1.82) is 0 Å². The molecular weight excluding hydrogens is 473 g/mol. The molecule has 3 rings (SSSR count). The van der Waals surface area contributed by atoms with Crippen LogP contribution in [0.1, 0.15) is 19.4 Å². The SMILES string of the molecule is CC(=O)Nc1ccc(S(=O)(=O)N[C@@H](C)C(=O)N2CCN(c3cccc(C(F)(F)F)c3)CC2)cc1. The average Bonchev–Trinajstić information content (AvgIpc) is 2.78. The molecule has 0 aromatic heterocycles. The van der Waals surface area contributed by atoms with Gasteiger partial charge in [0.2, 0.25) is 21.8 Å². The van der Waals surface area contributed by atoms with Crippen LogP contribution in [-0.2, 0) is 25.8 Å². The molecule has 0 aliphatic carbocycles. The third-order valence-corrected chi connectivity index (χ3v) is 6.87. The summed E-state index contributed by atoms with van der Waals surface area (Å²) in [5.74, 6) is -0.719. The first-order valence-corrected chi connectivity index (χ1v) is 12.0. The Hall–Kier alpha value is -3.12. The molecule has 0 radical (unpaired) electrons. The van der Waals surface area contributed by atoms with Crippen molar-refractivity contribution in [3.8, 4) is 0 Å². The van der Waals surface area contributed by atoms with E-state index in [-0.39, 0.29) is 23.9 Å². The smallest absolute Gasteiger partial charge is 0.368 e. The van der Waals surface area contributed by atoms with Crippen LogP contribution in [0.4, 0.5) is 24.5 Å². The van der Waals surface area contributed by atoms with Crippen molar-refractivity contribution in [1.82, 2.24) is 9.62 Å². The van der Waals surface area contributed by atoms with Gasteiger partial charge >= 0.3 is 6.18 Å². The molecule has 1 heterocycles. The molecule has 0 unspecified atom stereocenters. The lowest BCUT2D eigenvalue weighted by molar-refractivity contribution is -0.137. The highest BCUT2D eigenvalue weighted by atomic mass is 32.2. The molecule has 1 fully saturated rings. The Morgan fingerprint density at radius 2 is 1.62 bits per heavy atom. The number of hydrogen-bond donors (Lipinski definition) is 2. The summed E-state index contributed by atoms with van der Waals surface area (Å²) in [6.45, 7) is 3.89. The molecular formula is C22H25F3N4O4S. The Labute approximate surface area is 195 Å². The fraction of sp³-hybridized carbons (Fsp3) is 0.364. The standard InChI is InChI=1S/C22H25F3N4O4S/c1-15(27-34(32,33)20-8-6-18(7-9-20)26-16(2)30)21(31)29-12-10-28(11-13-29)19-5-3-4-17(14-19)22(23,24)25/h3-9,14-15,27H,10-13H2,1-2H3,(H,26,30)/t15-/m0/s1. The van der Waals surface area contributed by atoms with Crippen LogP contribution in [0.5, 0.6) is 0 Å². The summed E-state index contributed by atoms with van der Waals surface area (Å²) < 4.78 is 66.6. The lowest BCUT2D eigenvalue weighted by atomic mass is 10.1. The molecule has 1 atom stereocenters. The van der Waals surface area contributed by atoms with Crippen LogP contribution in [-0.4, -0.2) is 57.4 Å². The maximum absolute atomic E-state index is 13.0. The van der Waals surface area contributed by atoms with E-state index in [4.69, 9.17) is 0 Å². The van der Waals surface area contributed by atoms with Crippen molar-refractivity contribution >= 4 is 33.2 Å². The molecule has 2 aromatic carbocycles. The van der Waals surface area contributed by atoms with Gasteiger partial charge in [0.1, 0.15) is 0 Å². The van der Waals surface area contributed by atoms with Gasteiger partial charge in [0, 0.05) is 44.5 Å². The van der Waals surface area contributed by atoms with Crippen LogP contribution in [0, 0.1) is 0 Å². The number of alkyl halides is 3. The van der Waals surface area contributed by atoms with Crippen molar-refractivity contribution in [2.24, 2.45) is 0 Å². The third kappa shape index (κ3) is 6.26. The topological polar surface area (TPSA) is 98.8 Å². The predicted octanol–water partition coefficient (Wildman–Crippen LogP) is 2.68. The summed E-state index contributed by atoms with van der Waals surface area (Å²) in [4.78, 5) is 27.1. The van der Waals surface area contributed by atoms with Gasteiger partial charge in [-0.1, -0.05) is 6.07 Å². The molecule has 0 spiro atoms. The third-order valence-electron chi connectivity index (χ3n) is 5.32. The molecule has 12 heteroatoms. The molecule has 1 saturated heterocycles. The number of benzene rings is 2. The highest BCUT2D eigenvalue weighted by Gasteiger charge is 2.32. The number of hydrogen-bond acceptors (Lipinski definition) is 5. The molecule has 1 aliphatic heterocycles. The summed E-state index contributed by atoms with van der Waals surface area (Å²) in [6.07, 6.45) is -4.44. The first-order valence-electron chi connectivity index (χ1n) is 10.5. The van der Waals surface area contributed by atoms with Crippen molar-refractivity contribution < 1.29 is 31.2 Å². The largest absolute Gasteiger partial charge is 0.416 e. The van der Waals surface area contributed by atoms with E-state index in [9.17, 15) is 31.2 Å². The number of piperazine rings is 1. The second-order valence-electron chi connectivity index (χ2n) is 7.91. The van der Waals surface area contributed by atoms with E-state index in [1.807, 2.05) is 0 Å². The first kappa shape index (κ1) is 25.5. The fourth-order valence-electron chi connectivity index (χ4n) is 3.61. The molecule has 0 saturated carbocycles. The number of halogens is 3. The van der Waals surface area contributed by atoms with Gasteiger partial charge in [-0.15, -0.1) is 0 Å². The van der Waals surface area contributed by atoms with Gasteiger partial charge < -0.3 is 15.1 Å². The van der Waals surface area contributed by atoms with Gasteiger partial charge in [0.05, 0.1) is 16.5 Å². The Balaban J connectivity index is 1.59. The fourth-order valence-corrected chi connectivity index (χ4v) is 4.81. The zero-order valence-electron chi connectivity index (χ0n) is 18.6. The number of nitrogens with zero attached hydrogens (tertiary/aromatic N) is 2. The molecule has 34 heavy (non-hydrogen) atoms. The van der Waals surface area contributed by atoms with Crippen LogP contribution in [0.25, 0.3) is 0 Å². The van der Waals surface area contributed by atoms with Crippen LogP contribution < -0.4 is 14.9 Å². The van der Waals surface area contributed by atoms with Gasteiger partial charge in [0.25, 0.3) is 0 Å². The number of carbonyl (C=O) groups is 2. The summed E-state index contributed by atoms with van der Waals surface area (Å²) in [7, 11) is -3.99. The summed E-state index contributed by atoms with van der Waals surface area (Å²) in [5.41, 5.74) is 0.115. The maximum atomic E-state index is 13.0. The van der Waals surface area contributed by atoms with E-state index in [0.717, 1.165) is 12.1 Å². The summed E-state index contributed by atoms with van der Waals surface area (Å²) in [5, 5.41) is 2.54. The Morgan fingerprint density at radius 3 is 2.18 bits per heavy atom. The first-order chi connectivity index (χ1) is 15.9. The number of anilines is 2.